The van der Waals surface area contributed by atoms with Crippen molar-refractivity contribution in [3.05, 3.63) is 52.2 Å². The first-order chi connectivity index (χ1) is 9.97. The number of rotatable bonds is 6. The van der Waals surface area contributed by atoms with Gasteiger partial charge in [0.2, 0.25) is 0 Å². The predicted molar refractivity (Wildman–Crippen MR) is 83.6 cm³/mol. The SMILES string of the molecule is Cc1cccc(OCC(=O)NCC(C)(O)c2cccs2)c1. The fourth-order valence-electron chi connectivity index (χ4n) is 1.85. The Kier molecular flexibility index (Phi) is 4.98. The molecule has 0 radical (unpaired) electrons. The molecule has 4 nitrogen and oxygen atoms in total. The van der Waals surface area contributed by atoms with Gasteiger partial charge in [0.25, 0.3) is 5.91 Å². The zero-order valence-corrected chi connectivity index (χ0v) is 12.9. The van der Waals surface area contributed by atoms with Crippen LogP contribution in [0.1, 0.15) is 17.4 Å². The van der Waals surface area contributed by atoms with Crippen molar-refractivity contribution in [3.8, 4) is 5.75 Å². The van der Waals surface area contributed by atoms with Crippen LogP contribution in [0, 0.1) is 6.92 Å². The molecule has 1 heterocycles. The summed E-state index contributed by atoms with van der Waals surface area (Å²) in [7, 11) is 0. The number of hydrogen-bond acceptors (Lipinski definition) is 4. The third-order valence-corrected chi connectivity index (χ3v) is 4.16. The highest BCUT2D eigenvalue weighted by Gasteiger charge is 2.24. The fraction of sp³-hybridized carbons (Fsp3) is 0.312. The van der Waals surface area contributed by atoms with Crippen molar-refractivity contribution in [1.82, 2.24) is 5.32 Å². The lowest BCUT2D eigenvalue weighted by molar-refractivity contribution is -0.124. The topological polar surface area (TPSA) is 58.6 Å². The van der Waals surface area contributed by atoms with Gasteiger partial charge in [-0.15, -0.1) is 11.3 Å². The Balaban J connectivity index is 1.80. The van der Waals surface area contributed by atoms with Gasteiger partial charge in [0.15, 0.2) is 6.61 Å². The minimum Gasteiger partial charge on any atom is -0.484 e. The van der Waals surface area contributed by atoms with Gasteiger partial charge in [-0.3, -0.25) is 4.79 Å². The summed E-state index contributed by atoms with van der Waals surface area (Å²) in [5, 5.41) is 14.9. The van der Waals surface area contributed by atoms with E-state index in [2.05, 4.69) is 5.32 Å². The quantitative estimate of drug-likeness (QED) is 0.862. The van der Waals surface area contributed by atoms with Crippen molar-refractivity contribution in [2.45, 2.75) is 19.4 Å². The van der Waals surface area contributed by atoms with Gasteiger partial charge in [0.1, 0.15) is 11.4 Å². The van der Waals surface area contributed by atoms with Crippen LogP contribution in [-0.2, 0) is 10.4 Å². The first-order valence-corrected chi connectivity index (χ1v) is 7.58. The van der Waals surface area contributed by atoms with E-state index in [4.69, 9.17) is 4.74 Å². The smallest absolute Gasteiger partial charge is 0.258 e. The van der Waals surface area contributed by atoms with Crippen LogP contribution in [0.2, 0.25) is 0 Å². The van der Waals surface area contributed by atoms with Gasteiger partial charge in [-0.05, 0) is 43.0 Å². The number of aliphatic hydroxyl groups is 1. The second-order valence-electron chi connectivity index (χ2n) is 5.13. The molecule has 0 aliphatic carbocycles. The Labute approximate surface area is 128 Å². The molecule has 112 valence electrons. The highest BCUT2D eigenvalue weighted by Crippen LogP contribution is 2.24. The highest BCUT2D eigenvalue weighted by molar-refractivity contribution is 7.10. The van der Waals surface area contributed by atoms with Crippen molar-refractivity contribution >= 4 is 17.2 Å². The lowest BCUT2D eigenvalue weighted by Gasteiger charge is -2.22. The Morgan fingerprint density at radius 3 is 2.86 bits per heavy atom. The van der Waals surface area contributed by atoms with Crippen LogP contribution in [0.4, 0.5) is 0 Å². The van der Waals surface area contributed by atoms with Crippen LogP contribution in [0.15, 0.2) is 41.8 Å². The molecule has 1 amide bonds. The summed E-state index contributed by atoms with van der Waals surface area (Å²) in [6, 6.07) is 11.2. The van der Waals surface area contributed by atoms with Crippen molar-refractivity contribution < 1.29 is 14.6 Å². The number of nitrogens with one attached hydrogen (secondary N) is 1. The second kappa shape index (κ2) is 6.74. The summed E-state index contributed by atoms with van der Waals surface area (Å²) in [5.74, 6) is 0.406. The van der Waals surface area contributed by atoms with E-state index in [1.54, 1.807) is 6.92 Å². The molecule has 1 unspecified atom stereocenters. The number of thiophene rings is 1. The van der Waals surface area contributed by atoms with E-state index >= 15 is 0 Å². The molecule has 5 heteroatoms. The Hall–Kier alpha value is -1.85. The van der Waals surface area contributed by atoms with E-state index in [-0.39, 0.29) is 19.1 Å². The molecule has 0 aliphatic rings. The fourth-order valence-corrected chi connectivity index (χ4v) is 2.63. The average Bonchev–Trinajstić information content (AvgIpc) is 2.98. The van der Waals surface area contributed by atoms with Crippen LogP contribution in [-0.4, -0.2) is 24.2 Å². The van der Waals surface area contributed by atoms with Gasteiger partial charge in [-0.2, -0.15) is 0 Å². The van der Waals surface area contributed by atoms with Crippen molar-refractivity contribution in [2.75, 3.05) is 13.2 Å². The summed E-state index contributed by atoms with van der Waals surface area (Å²) in [4.78, 5) is 12.6. The predicted octanol–water partition coefficient (Wildman–Crippen LogP) is 2.46. The maximum absolute atomic E-state index is 11.8. The van der Waals surface area contributed by atoms with Crippen LogP contribution >= 0.6 is 11.3 Å². The van der Waals surface area contributed by atoms with Crippen molar-refractivity contribution in [2.24, 2.45) is 0 Å². The number of carbonyl (C=O) groups excluding carboxylic acids is 1. The molecule has 2 aromatic rings. The first kappa shape index (κ1) is 15.5. The van der Waals surface area contributed by atoms with E-state index in [0.717, 1.165) is 10.4 Å². The molecule has 0 saturated carbocycles. The molecule has 2 N–H and O–H groups in total. The molecule has 21 heavy (non-hydrogen) atoms. The lowest BCUT2D eigenvalue weighted by atomic mass is 10.1. The summed E-state index contributed by atoms with van der Waals surface area (Å²) < 4.78 is 5.41. The number of hydrogen-bond donors (Lipinski definition) is 2. The molecule has 0 aliphatic heterocycles. The third-order valence-electron chi connectivity index (χ3n) is 3.04. The standard InChI is InChI=1S/C16H19NO3S/c1-12-5-3-6-13(9-12)20-10-15(18)17-11-16(2,19)14-7-4-8-21-14/h3-9,19H,10-11H2,1-2H3,(H,17,18). The minimum absolute atomic E-state index is 0.0655. The van der Waals surface area contributed by atoms with Gasteiger partial charge >= 0.3 is 0 Å². The van der Waals surface area contributed by atoms with E-state index in [1.807, 2.05) is 48.7 Å². The van der Waals surface area contributed by atoms with E-state index in [9.17, 15) is 9.90 Å². The van der Waals surface area contributed by atoms with Crippen LogP contribution in [0.5, 0.6) is 5.75 Å². The normalized spacial score (nSPS) is 13.5. The molecule has 0 spiro atoms. The number of carbonyl (C=O) groups is 1. The maximum Gasteiger partial charge on any atom is 0.258 e. The third kappa shape index (κ3) is 4.58. The second-order valence-corrected chi connectivity index (χ2v) is 6.08. The van der Waals surface area contributed by atoms with E-state index < -0.39 is 5.60 Å². The van der Waals surface area contributed by atoms with E-state index in [0.29, 0.717) is 5.75 Å². The Morgan fingerprint density at radius 2 is 2.19 bits per heavy atom. The number of amides is 1. The molecule has 0 bridgehead atoms. The molecular weight excluding hydrogens is 286 g/mol. The number of benzene rings is 1. The number of aryl methyl sites for hydroxylation is 1. The summed E-state index contributed by atoms with van der Waals surface area (Å²) in [5.41, 5.74) is 0.0150. The van der Waals surface area contributed by atoms with Crippen molar-refractivity contribution in [3.63, 3.8) is 0 Å². The molecule has 2 rings (SSSR count). The van der Waals surface area contributed by atoms with Gasteiger partial charge in [0.05, 0.1) is 6.54 Å². The van der Waals surface area contributed by atoms with Gasteiger partial charge in [-0.1, -0.05) is 18.2 Å². The largest absolute Gasteiger partial charge is 0.484 e. The molecule has 0 saturated heterocycles. The summed E-state index contributed by atoms with van der Waals surface area (Å²) >= 11 is 1.46. The lowest BCUT2D eigenvalue weighted by Crippen LogP contribution is -2.40. The monoisotopic (exact) mass is 305 g/mol. The molecule has 1 aromatic carbocycles. The van der Waals surface area contributed by atoms with Gasteiger partial charge in [0, 0.05) is 4.88 Å². The Morgan fingerprint density at radius 1 is 1.38 bits per heavy atom. The van der Waals surface area contributed by atoms with Gasteiger partial charge in [-0.25, -0.2) is 0 Å². The first-order valence-electron chi connectivity index (χ1n) is 6.70. The number of ether oxygens (including phenoxy) is 1. The van der Waals surface area contributed by atoms with Gasteiger partial charge < -0.3 is 15.2 Å². The van der Waals surface area contributed by atoms with Crippen LogP contribution in [0.3, 0.4) is 0 Å². The van der Waals surface area contributed by atoms with Crippen LogP contribution in [0.25, 0.3) is 0 Å². The molecular formula is C16H19NO3S. The summed E-state index contributed by atoms with van der Waals surface area (Å²) in [6.45, 7) is 3.74. The highest BCUT2D eigenvalue weighted by atomic mass is 32.1. The maximum atomic E-state index is 11.8. The Bertz CT molecular complexity index is 593. The summed E-state index contributed by atoms with van der Waals surface area (Å²) in [6.07, 6.45) is 0. The molecule has 1 aromatic heterocycles. The zero-order chi connectivity index (χ0) is 15.3. The minimum atomic E-state index is -1.06. The molecule has 0 fully saturated rings. The average molecular weight is 305 g/mol. The zero-order valence-electron chi connectivity index (χ0n) is 12.1. The van der Waals surface area contributed by atoms with Crippen molar-refractivity contribution in [1.29, 1.82) is 0 Å². The molecule has 1 atom stereocenters. The van der Waals surface area contributed by atoms with Crippen LogP contribution < -0.4 is 10.1 Å². The van der Waals surface area contributed by atoms with E-state index in [1.165, 1.54) is 11.3 Å².